The number of carbonyl (C=O) groups excluding carboxylic acids is 1. The maximum absolute atomic E-state index is 12.7. The van der Waals surface area contributed by atoms with Crippen molar-refractivity contribution in [2.24, 2.45) is 5.92 Å². The van der Waals surface area contributed by atoms with Crippen LogP contribution in [0.3, 0.4) is 0 Å². The molecule has 158 valence electrons. The minimum atomic E-state index is -0.447. The molecule has 1 aromatic carbocycles. The van der Waals surface area contributed by atoms with Crippen LogP contribution in [0.2, 0.25) is 0 Å². The lowest BCUT2D eigenvalue weighted by Crippen LogP contribution is -2.47. The van der Waals surface area contributed by atoms with Gasteiger partial charge in [0.1, 0.15) is 0 Å². The molecule has 2 aromatic rings. The number of aryl methyl sites for hydroxylation is 1. The van der Waals surface area contributed by atoms with Gasteiger partial charge < -0.3 is 10.2 Å². The van der Waals surface area contributed by atoms with Gasteiger partial charge in [0.05, 0.1) is 5.39 Å². The fraction of sp³-hybridized carbons (Fsp3) is 0.500. The summed E-state index contributed by atoms with van der Waals surface area (Å²) in [5.41, 5.74) is 5.27. The van der Waals surface area contributed by atoms with E-state index in [9.17, 15) is 9.59 Å². The van der Waals surface area contributed by atoms with E-state index in [0.717, 1.165) is 19.4 Å². The predicted octanol–water partition coefficient (Wildman–Crippen LogP) is 1.50. The molecule has 1 amide bonds. The van der Waals surface area contributed by atoms with Crippen molar-refractivity contribution in [1.82, 2.24) is 30.8 Å². The van der Waals surface area contributed by atoms with Crippen molar-refractivity contribution in [3.8, 4) is 0 Å². The highest BCUT2D eigenvalue weighted by Crippen LogP contribution is 2.13. The van der Waals surface area contributed by atoms with Gasteiger partial charge in [-0.05, 0) is 57.7 Å². The lowest BCUT2D eigenvalue weighted by atomic mass is 10.1. The molecule has 9 heteroatoms. The summed E-state index contributed by atoms with van der Waals surface area (Å²) in [6.45, 7) is 6.25. The minimum absolute atomic E-state index is 0.187. The smallest absolute Gasteiger partial charge is 0.290 e. The first kappa shape index (κ1) is 22.8. The number of carbonyl (C=O) groups is 1. The molecule has 0 saturated carbocycles. The van der Waals surface area contributed by atoms with Crippen LogP contribution in [-0.4, -0.2) is 52.9 Å². The number of hydrogen-bond acceptors (Lipinski definition) is 5. The molecule has 0 unspecified atom stereocenters. The van der Waals surface area contributed by atoms with Gasteiger partial charge in [-0.15, -0.1) is 0 Å². The van der Waals surface area contributed by atoms with Crippen LogP contribution in [0.5, 0.6) is 0 Å². The molecule has 0 aliphatic heterocycles. The Hall–Kier alpha value is -2.52. The van der Waals surface area contributed by atoms with Crippen LogP contribution in [0, 0.1) is 5.92 Å². The highest BCUT2D eigenvalue weighted by Gasteiger charge is 2.17. The normalized spacial score (nSPS) is 11.1. The average molecular weight is 419 g/mol. The maximum atomic E-state index is 12.7. The molecule has 29 heavy (non-hydrogen) atoms. The van der Waals surface area contributed by atoms with Crippen molar-refractivity contribution in [2.45, 2.75) is 33.2 Å². The molecule has 3 N–H and O–H groups in total. The van der Waals surface area contributed by atoms with E-state index < -0.39 is 5.91 Å². The van der Waals surface area contributed by atoms with Crippen LogP contribution >= 0.6 is 12.2 Å². The van der Waals surface area contributed by atoms with E-state index in [-0.39, 0.29) is 11.3 Å². The monoisotopic (exact) mass is 418 g/mol. The van der Waals surface area contributed by atoms with Gasteiger partial charge in [-0.3, -0.25) is 20.4 Å². The second-order valence-electron chi connectivity index (χ2n) is 7.60. The standard InChI is InChI=1S/C20H30N6O2S/c1-14(2)10-13-26-19(28)16-9-6-5-8-15(16)17(24-26)18(27)22-23-20(29)21-11-7-12-25(3)4/h5-6,8-9,14H,7,10-13H2,1-4H3,(H,22,27)(H2,21,23,29). The molecular formula is C20H30N6O2S. The third-order valence-electron chi connectivity index (χ3n) is 4.36. The third kappa shape index (κ3) is 6.79. The summed E-state index contributed by atoms with van der Waals surface area (Å²) in [5.74, 6) is -0.0259. The van der Waals surface area contributed by atoms with Gasteiger partial charge in [0.25, 0.3) is 11.5 Å². The Balaban J connectivity index is 2.10. The largest absolute Gasteiger partial charge is 0.361 e. The average Bonchev–Trinajstić information content (AvgIpc) is 2.68. The molecule has 0 saturated heterocycles. The molecule has 1 heterocycles. The Labute approximate surface area is 176 Å². The van der Waals surface area contributed by atoms with Gasteiger partial charge in [-0.1, -0.05) is 32.0 Å². The second kappa shape index (κ2) is 10.9. The fourth-order valence-corrected chi connectivity index (χ4v) is 2.90. The molecule has 0 aliphatic rings. The number of amides is 1. The van der Waals surface area contributed by atoms with E-state index in [4.69, 9.17) is 12.2 Å². The highest BCUT2D eigenvalue weighted by atomic mass is 32.1. The van der Waals surface area contributed by atoms with E-state index in [1.54, 1.807) is 24.3 Å². The van der Waals surface area contributed by atoms with Gasteiger partial charge in [-0.25, -0.2) is 4.68 Å². The molecule has 8 nitrogen and oxygen atoms in total. The molecule has 1 aromatic heterocycles. The zero-order valence-corrected chi connectivity index (χ0v) is 18.3. The molecule has 2 rings (SSSR count). The number of fused-ring (bicyclic) bond motifs is 1. The highest BCUT2D eigenvalue weighted by molar-refractivity contribution is 7.80. The van der Waals surface area contributed by atoms with Crippen molar-refractivity contribution in [1.29, 1.82) is 0 Å². The second-order valence-corrected chi connectivity index (χ2v) is 8.01. The maximum Gasteiger partial charge on any atom is 0.290 e. The van der Waals surface area contributed by atoms with Crippen molar-refractivity contribution in [3.05, 3.63) is 40.3 Å². The molecule has 0 radical (unpaired) electrons. The van der Waals surface area contributed by atoms with Gasteiger partial charge >= 0.3 is 0 Å². The molecule has 0 fully saturated rings. The number of thiocarbonyl (C=S) groups is 1. The van der Waals surface area contributed by atoms with E-state index in [2.05, 4.69) is 40.0 Å². The Morgan fingerprint density at radius 3 is 2.55 bits per heavy atom. The van der Waals surface area contributed by atoms with Crippen molar-refractivity contribution >= 4 is 34.0 Å². The first-order valence-electron chi connectivity index (χ1n) is 9.78. The first-order chi connectivity index (χ1) is 13.8. The van der Waals surface area contributed by atoms with Crippen LogP contribution in [0.1, 0.15) is 37.2 Å². The van der Waals surface area contributed by atoms with Crippen LogP contribution in [-0.2, 0) is 6.54 Å². The summed E-state index contributed by atoms with van der Waals surface area (Å²) in [4.78, 5) is 27.5. The number of hydrazine groups is 1. The Morgan fingerprint density at radius 2 is 1.90 bits per heavy atom. The molecule has 0 spiro atoms. The SMILES string of the molecule is CC(C)CCn1nc(C(=O)NNC(=S)NCCCN(C)C)c2ccccc2c1=O. The van der Waals surface area contributed by atoms with Gasteiger partial charge in [-0.2, -0.15) is 5.10 Å². The van der Waals surface area contributed by atoms with Crippen molar-refractivity contribution < 1.29 is 4.79 Å². The van der Waals surface area contributed by atoms with Crippen molar-refractivity contribution in [3.63, 3.8) is 0 Å². The summed E-state index contributed by atoms with van der Waals surface area (Å²) >= 11 is 5.19. The fourth-order valence-electron chi connectivity index (χ4n) is 2.75. The third-order valence-corrected chi connectivity index (χ3v) is 4.60. The Kier molecular flexibility index (Phi) is 8.53. The van der Waals surface area contributed by atoms with Crippen LogP contribution in [0.25, 0.3) is 10.8 Å². The predicted molar refractivity (Wildman–Crippen MR) is 120 cm³/mol. The van der Waals surface area contributed by atoms with Crippen LogP contribution in [0.4, 0.5) is 0 Å². The summed E-state index contributed by atoms with van der Waals surface area (Å²) in [6, 6.07) is 7.00. The number of hydrogen-bond donors (Lipinski definition) is 3. The summed E-state index contributed by atoms with van der Waals surface area (Å²) in [5, 5.41) is 8.68. The van der Waals surface area contributed by atoms with Crippen LogP contribution < -0.4 is 21.7 Å². The topological polar surface area (TPSA) is 91.3 Å². The molecular weight excluding hydrogens is 388 g/mol. The van der Waals surface area contributed by atoms with E-state index in [1.165, 1.54) is 4.68 Å². The zero-order valence-electron chi connectivity index (χ0n) is 17.5. The lowest BCUT2D eigenvalue weighted by Gasteiger charge is -2.14. The first-order valence-corrected chi connectivity index (χ1v) is 10.2. The van der Waals surface area contributed by atoms with Gasteiger partial charge in [0.15, 0.2) is 10.8 Å². The Bertz CT molecular complexity index is 909. The van der Waals surface area contributed by atoms with Crippen molar-refractivity contribution in [2.75, 3.05) is 27.2 Å². The number of aromatic nitrogens is 2. The van der Waals surface area contributed by atoms with E-state index in [0.29, 0.717) is 34.9 Å². The minimum Gasteiger partial charge on any atom is -0.361 e. The molecule has 0 aliphatic carbocycles. The van der Waals surface area contributed by atoms with Gasteiger partial charge in [0, 0.05) is 18.5 Å². The Morgan fingerprint density at radius 1 is 1.21 bits per heavy atom. The number of nitrogens with zero attached hydrogens (tertiary/aromatic N) is 3. The lowest BCUT2D eigenvalue weighted by molar-refractivity contribution is 0.0938. The molecule has 0 bridgehead atoms. The number of benzene rings is 1. The van der Waals surface area contributed by atoms with E-state index >= 15 is 0 Å². The van der Waals surface area contributed by atoms with Crippen LogP contribution in [0.15, 0.2) is 29.1 Å². The quantitative estimate of drug-likeness (QED) is 0.340. The van der Waals surface area contributed by atoms with E-state index in [1.807, 2.05) is 14.1 Å². The summed E-state index contributed by atoms with van der Waals surface area (Å²) in [6.07, 6.45) is 1.72. The number of nitrogens with one attached hydrogen (secondary N) is 3. The summed E-state index contributed by atoms with van der Waals surface area (Å²) in [7, 11) is 4.02. The molecule has 0 atom stereocenters. The zero-order chi connectivity index (χ0) is 21.4. The summed E-state index contributed by atoms with van der Waals surface area (Å²) < 4.78 is 1.37. The van der Waals surface area contributed by atoms with Gasteiger partial charge in [0.2, 0.25) is 0 Å². The number of rotatable bonds is 8.